The zero-order valence-corrected chi connectivity index (χ0v) is 12.5. The Morgan fingerprint density at radius 2 is 1.79 bits per heavy atom. The van der Waals surface area contributed by atoms with Crippen molar-refractivity contribution in [2.75, 3.05) is 12.4 Å². The van der Waals surface area contributed by atoms with Crippen LogP contribution in [-0.2, 0) is 15.1 Å². The van der Waals surface area contributed by atoms with E-state index in [1.54, 1.807) is 0 Å². The molecule has 0 unspecified atom stereocenters. The topological polar surface area (TPSA) is 50.7 Å². The van der Waals surface area contributed by atoms with Gasteiger partial charge in [0.1, 0.15) is 5.80 Å². The molecule has 1 aliphatic heterocycles. The van der Waals surface area contributed by atoms with Crippen LogP contribution in [0.4, 0.5) is 37.7 Å². The normalized spacial score (nSPS) is 16.6. The number of aliphatic imine (C=N–C) groups is 1. The molecular formula is C13H11BF6N2O2. The lowest BCUT2D eigenvalue weighted by Crippen LogP contribution is -2.58. The molecule has 1 aromatic carbocycles. The molecule has 0 saturated carbocycles. The van der Waals surface area contributed by atoms with E-state index in [0.29, 0.717) is 6.07 Å². The molecule has 1 aliphatic rings. The van der Waals surface area contributed by atoms with Crippen LogP contribution >= 0.6 is 0 Å². The van der Waals surface area contributed by atoms with Crippen LogP contribution in [0.3, 0.4) is 0 Å². The third-order valence-corrected chi connectivity index (χ3v) is 3.38. The highest BCUT2D eigenvalue weighted by atomic mass is 19.4. The molecule has 0 fully saturated rings. The fourth-order valence-corrected chi connectivity index (χ4v) is 2.33. The molecule has 0 aromatic heterocycles. The molecule has 0 bridgehead atoms. The van der Waals surface area contributed by atoms with Crippen LogP contribution in [0, 0.1) is 0 Å². The number of anilines is 1. The van der Waals surface area contributed by atoms with Crippen LogP contribution in [0.1, 0.15) is 12.5 Å². The van der Waals surface area contributed by atoms with E-state index < -0.39 is 48.0 Å². The number of ether oxygens (including phenoxy) is 1. The number of fused-ring (bicyclic) bond motifs is 1. The summed E-state index contributed by atoms with van der Waals surface area (Å²) >= 11 is 0. The molecule has 1 N–H and O–H groups in total. The van der Waals surface area contributed by atoms with Crippen molar-refractivity contribution in [1.29, 1.82) is 0 Å². The van der Waals surface area contributed by atoms with Gasteiger partial charge in [-0.05, 0) is 25.1 Å². The summed E-state index contributed by atoms with van der Waals surface area (Å²) in [7, 11) is 0.569. The molecule has 130 valence electrons. The first kappa shape index (κ1) is 18.1. The molecular weight excluding hydrogens is 341 g/mol. The number of carbonyl (C=O) groups excluding carboxylic acids is 1. The zero-order valence-electron chi connectivity index (χ0n) is 12.5. The fraction of sp³-hybridized carbons (Fsp3) is 0.385. The van der Waals surface area contributed by atoms with Gasteiger partial charge >= 0.3 is 25.2 Å². The van der Waals surface area contributed by atoms with Crippen molar-refractivity contribution in [3.05, 3.63) is 23.8 Å². The molecule has 0 aliphatic carbocycles. The predicted octanol–water partition coefficient (Wildman–Crippen LogP) is 3.05. The van der Waals surface area contributed by atoms with Gasteiger partial charge in [0.15, 0.2) is 0 Å². The second kappa shape index (κ2) is 5.71. The summed E-state index contributed by atoms with van der Waals surface area (Å²) in [6.45, 7) is 1.01. The van der Waals surface area contributed by atoms with Gasteiger partial charge in [-0.15, -0.1) is 0 Å². The van der Waals surface area contributed by atoms with E-state index in [9.17, 15) is 31.1 Å². The van der Waals surface area contributed by atoms with E-state index in [1.165, 1.54) is 13.1 Å². The summed E-state index contributed by atoms with van der Waals surface area (Å²) in [5.74, 6) is -0.929. The Kier molecular flexibility index (Phi) is 4.32. The third-order valence-electron chi connectivity index (χ3n) is 3.38. The number of hydrogen-bond donors (Lipinski definition) is 1. The molecule has 1 heterocycles. The van der Waals surface area contributed by atoms with Crippen molar-refractivity contribution < 1.29 is 35.9 Å². The highest BCUT2D eigenvalue weighted by molar-refractivity contribution is 6.96. The van der Waals surface area contributed by atoms with E-state index in [4.69, 9.17) is 0 Å². The predicted molar refractivity (Wildman–Crippen MR) is 75.8 cm³/mol. The molecule has 2 rings (SSSR count). The molecule has 1 aromatic rings. The van der Waals surface area contributed by atoms with Gasteiger partial charge in [-0.25, -0.2) is 4.99 Å². The molecule has 0 amide bonds. The van der Waals surface area contributed by atoms with Gasteiger partial charge < -0.3 is 14.8 Å². The first-order valence-corrected chi connectivity index (χ1v) is 6.64. The van der Waals surface area contributed by atoms with E-state index in [1.807, 2.05) is 0 Å². The van der Waals surface area contributed by atoms with Gasteiger partial charge in [0, 0.05) is 18.3 Å². The SMILES string of the molecule is CNc1ccc2c(c1)C(C(F)(F)F)(C(F)(F)F)OC(BC(C)=O)=N2. The maximum Gasteiger partial charge on any atom is 0.442 e. The van der Waals surface area contributed by atoms with E-state index in [-0.39, 0.29) is 5.69 Å². The zero-order chi connectivity index (χ0) is 18.3. The summed E-state index contributed by atoms with van der Waals surface area (Å²) in [5, 5.41) is 2.47. The van der Waals surface area contributed by atoms with Crippen molar-refractivity contribution in [3.63, 3.8) is 0 Å². The lowest BCUT2D eigenvalue weighted by molar-refractivity contribution is -0.369. The summed E-state index contributed by atoms with van der Waals surface area (Å²) in [6, 6.07) is 2.97. The van der Waals surface area contributed by atoms with Crippen LogP contribution in [0.2, 0.25) is 0 Å². The quantitative estimate of drug-likeness (QED) is 0.672. The molecule has 4 nitrogen and oxygen atoms in total. The Balaban J connectivity index is 2.80. The summed E-state index contributed by atoms with van der Waals surface area (Å²) in [4.78, 5) is 14.7. The Hall–Kier alpha value is -2.20. The minimum atomic E-state index is -5.82. The summed E-state index contributed by atoms with van der Waals surface area (Å²) < 4.78 is 85.4. The number of hydrogen-bond acceptors (Lipinski definition) is 4. The number of nitrogens with zero attached hydrogens (tertiary/aromatic N) is 1. The standard InChI is InChI=1S/C13H11BF6N2O2/c1-6(23)14-10-22-9-4-3-7(21-2)5-8(9)11(24-10,12(15,16)17)13(18,19)20/h3-5,14,21H,1-2H3. The molecule has 0 saturated heterocycles. The lowest BCUT2D eigenvalue weighted by atomic mass is 9.72. The minimum absolute atomic E-state index is 0.0282. The first-order chi connectivity index (χ1) is 10.9. The summed E-state index contributed by atoms with van der Waals surface area (Å²) in [6.07, 6.45) is -11.6. The van der Waals surface area contributed by atoms with Crippen LogP contribution in [0.15, 0.2) is 23.2 Å². The molecule has 24 heavy (non-hydrogen) atoms. The van der Waals surface area contributed by atoms with E-state index >= 15 is 0 Å². The molecule has 0 spiro atoms. The Labute approximate surface area is 133 Å². The van der Waals surface area contributed by atoms with Crippen LogP contribution in [0.25, 0.3) is 0 Å². The van der Waals surface area contributed by atoms with Crippen LogP contribution in [0.5, 0.6) is 0 Å². The van der Waals surface area contributed by atoms with Gasteiger partial charge in [0.2, 0.25) is 0 Å². The summed E-state index contributed by atoms with van der Waals surface area (Å²) in [5.41, 5.74) is -6.97. The highest BCUT2D eigenvalue weighted by Crippen LogP contribution is 2.57. The minimum Gasteiger partial charge on any atom is -0.460 e. The number of carbonyl (C=O) groups is 1. The van der Waals surface area contributed by atoms with Crippen molar-refractivity contribution in [3.8, 4) is 0 Å². The maximum atomic E-state index is 13.5. The van der Waals surface area contributed by atoms with Crippen molar-refractivity contribution >= 4 is 30.1 Å². The largest absolute Gasteiger partial charge is 0.460 e. The third kappa shape index (κ3) is 2.82. The molecule has 0 radical (unpaired) electrons. The first-order valence-electron chi connectivity index (χ1n) is 6.64. The number of alkyl halides is 6. The number of halogens is 6. The molecule has 0 atom stereocenters. The maximum absolute atomic E-state index is 13.5. The average Bonchev–Trinajstić information content (AvgIpc) is 2.42. The van der Waals surface area contributed by atoms with E-state index in [0.717, 1.165) is 13.0 Å². The van der Waals surface area contributed by atoms with E-state index in [2.05, 4.69) is 15.0 Å². The van der Waals surface area contributed by atoms with Crippen molar-refractivity contribution in [2.24, 2.45) is 4.99 Å². The van der Waals surface area contributed by atoms with Crippen LogP contribution < -0.4 is 5.32 Å². The fourth-order valence-electron chi connectivity index (χ4n) is 2.33. The highest BCUT2D eigenvalue weighted by Gasteiger charge is 2.76. The van der Waals surface area contributed by atoms with Gasteiger partial charge in [-0.3, -0.25) is 0 Å². The second-order valence-electron chi connectivity index (χ2n) is 5.15. The van der Waals surface area contributed by atoms with Gasteiger partial charge in [0.05, 0.1) is 11.4 Å². The number of nitrogens with one attached hydrogen (secondary N) is 1. The van der Waals surface area contributed by atoms with Gasteiger partial charge in [0.25, 0.3) is 0 Å². The van der Waals surface area contributed by atoms with Crippen molar-refractivity contribution in [2.45, 2.75) is 24.9 Å². The van der Waals surface area contributed by atoms with Gasteiger partial charge in [-0.1, -0.05) is 0 Å². The van der Waals surface area contributed by atoms with Gasteiger partial charge in [-0.2, -0.15) is 26.3 Å². The Morgan fingerprint density at radius 3 is 2.25 bits per heavy atom. The number of benzene rings is 1. The Bertz CT molecular complexity index is 685. The number of rotatable bonds is 3. The monoisotopic (exact) mass is 352 g/mol. The average molecular weight is 352 g/mol. The smallest absolute Gasteiger partial charge is 0.442 e. The lowest BCUT2D eigenvalue weighted by Gasteiger charge is -2.40. The molecule has 11 heteroatoms. The second-order valence-corrected chi connectivity index (χ2v) is 5.15. The van der Waals surface area contributed by atoms with Crippen LogP contribution in [-0.4, -0.2) is 38.2 Å². The van der Waals surface area contributed by atoms with Crippen molar-refractivity contribution in [1.82, 2.24) is 0 Å². The Morgan fingerprint density at radius 1 is 1.21 bits per heavy atom.